The Labute approximate surface area is 123 Å². The van der Waals surface area contributed by atoms with Crippen LogP contribution in [0.4, 0.5) is 0 Å². The van der Waals surface area contributed by atoms with Crippen molar-refractivity contribution in [3.05, 3.63) is 12.2 Å². The molecule has 0 bridgehead atoms. The van der Waals surface area contributed by atoms with Crippen LogP contribution in [0.2, 0.25) is 0 Å². The van der Waals surface area contributed by atoms with Crippen LogP contribution in [-0.4, -0.2) is 51.2 Å². The summed E-state index contributed by atoms with van der Waals surface area (Å²) in [4.78, 5) is 21.9. The Morgan fingerprint density at radius 3 is 2.43 bits per heavy atom. The number of nitrogens with one attached hydrogen (secondary N) is 1. The molecule has 0 amide bonds. The van der Waals surface area contributed by atoms with Gasteiger partial charge in [-0.1, -0.05) is 0 Å². The zero-order valence-electron chi connectivity index (χ0n) is 12.1. The van der Waals surface area contributed by atoms with E-state index in [2.05, 4.69) is 4.72 Å². The molecule has 0 aromatic rings. The van der Waals surface area contributed by atoms with Gasteiger partial charge < -0.3 is 14.2 Å². The maximum Gasteiger partial charge on any atom is 0.303 e. The fourth-order valence-corrected chi connectivity index (χ4v) is 2.27. The Kier molecular flexibility index (Phi) is 6.31. The lowest BCUT2D eigenvalue weighted by atomic mass is 10.1. The molecule has 3 atom stereocenters. The molecule has 0 fully saturated rings. The molecule has 0 aromatic carbocycles. The highest BCUT2D eigenvalue weighted by Gasteiger charge is 2.31. The number of esters is 2. The maximum atomic E-state index is 11.5. The summed E-state index contributed by atoms with van der Waals surface area (Å²) in [5.74, 6) is -1.13. The summed E-state index contributed by atoms with van der Waals surface area (Å²) in [5, 5.41) is 0. The summed E-state index contributed by atoms with van der Waals surface area (Å²) >= 11 is 0. The van der Waals surface area contributed by atoms with Gasteiger partial charge >= 0.3 is 11.9 Å². The van der Waals surface area contributed by atoms with Crippen molar-refractivity contribution in [1.29, 1.82) is 0 Å². The zero-order valence-corrected chi connectivity index (χ0v) is 12.9. The summed E-state index contributed by atoms with van der Waals surface area (Å²) in [6.45, 7) is 3.81. The molecule has 0 saturated carbocycles. The van der Waals surface area contributed by atoms with Gasteiger partial charge in [-0.2, -0.15) is 4.72 Å². The Morgan fingerprint density at radius 1 is 1.24 bits per heavy atom. The lowest BCUT2D eigenvalue weighted by Crippen LogP contribution is -2.47. The first-order valence-electron chi connectivity index (χ1n) is 6.38. The summed E-state index contributed by atoms with van der Waals surface area (Å²) in [6.07, 6.45) is 0.506. The first-order valence-corrected chi connectivity index (χ1v) is 8.03. The molecular weight excluding hydrogens is 302 g/mol. The van der Waals surface area contributed by atoms with Crippen LogP contribution in [0.25, 0.3) is 0 Å². The summed E-state index contributed by atoms with van der Waals surface area (Å²) < 4.78 is 40.6. The first-order chi connectivity index (χ1) is 9.73. The van der Waals surface area contributed by atoms with Crippen molar-refractivity contribution in [2.75, 3.05) is 12.4 Å². The number of carbonyl (C=O) groups is 2. The smallest absolute Gasteiger partial charge is 0.303 e. The van der Waals surface area contributed by atoms with Crippen LogP contribution in [0, 0.1) is 0 Å². The molecule has 0 aliphatic carbocycles. The monoisotopic (exact) mass is 321 g/mol. The number of carbonyl (C=O) groups excluding carboxylic acids is 2. The van der Waals surface area contributed by atoms with Crippen LogP contribution in [0.5, 0.6) is 0 Å². The highest BCUT2D eigenvalue weighted by Crippen LogP contribution is 2.16. The minimum absolute atomic E-state index is 0.0946. The van der Waals surface area contributed by atoms with Crippen molar-refractivity contribution in [1.82, 2.24) is 4.72 Å². The molecule has 1 aliphatic heterocycles. The van der Waals surface area contributed by atoms with Gasteiger partial charge in [0.05, 0.1) is 5.75 Å². The van der Waals surface area contributed by atoms with Crippen LogP contribution in [0.15, 0.2) is 12.2 Å². The van der Waals surface area contributed by atoms with Crippen LogP contribution >= 0.6 is 0 Å². The Bertz CT molecular complexity index is 514. The second kappa shape index (κ2) is 7.53. The number of rotatable bonds is 6. The van der Waals surface area contributed by atoms with Crippen molar-refractivity contribution in [3.8, 4) is 0 Å². The second-order valence-electron chi connectivity index (χ2n) is 4.38. The third-order valence-corrected chi connectivity index (χ3v) is 3.94. The molecule has 0 unspecified atom stereocenters. The molecule has 0 aromatic heterocycles. The fraction of sp³-hybridized carbons (Fsp3) is 0.667. The minimum Gasteiger partial charge on any atom is -0.463 e. The molecule has 1 aliphatic rings. The van der Waals surface area contributed by atoms with Gasteiger partial charge in [-0.15, -0.1) is 0 Å². The van der Waals surface area contributed by atoms with Crippen LogP contribution in [0.1, 0.15) is 20.8 Å². The molecule has 21 heavy (non-hydrogen) atoms. The van der Waals surface area contributed by atoms with E-state index in [0.29, 0.717) is 0 Å². The first kappa shape index (κ1) is 17.6. The van der Waals surface area contributed by atoms with E-state index in [4.69, 9.17) is 14.2 Å². The van der Waals surface area contributed by atoms with E-state index in [1.54, 1.807) is 0 Å². The minimum atomic E-state index is -3.46. The topological polar surface area (TPSA) is 108 Å². The molecule has 1 N–H and O–H groups in total. The number of hydrogen-bond acceptors (Lipinski definition) is 7. The largest absolute Gasteiger partial charge is 0.463 e. The van der Waals surface area contributed by atoms with E-state index >= 15 is 0 Å². The predicted molar refractivity (Wildman–Crippen MR) is 72.6 cm³/mol. The number of sulfonamides is 1. The van der Waals surface area contributed by atoms with Crippen molar-refractivity contribution in [2.24, 2.45) is 0 Å². The number of hydrogen-bond donors (Lipinski definition) is 1. The van der Waals surface area contributed by atoms with Gasteiger partial charge in [0.2, 0.25) is 10.0 Å². The molecule has 1 heterocycles. The van der Waals surface area contributed by atoms with Gasteiger partial charge in [-0.05, 0) is 19.1 Å². The summed E-state index contributed by atoms with van der Waals surface area (Å²) in [6, 6.07) is 0. The quantitative estimate of drug-likeness (QED) is 0.528. The summed E-state index contributed by atoms with van der Waals surface area (Å²) in [7, 11) is -3.46. The molecular formula is C12H19NO7S. The Morgan fingerprint density at radius 2 is 1.90 bits per heavy atom. The third-order valence-electron chi connectivity index (χ3n) is 2.59. The number of ether oxygens (including phenoxy) is 3. The Hall–Kier alpha value is -1.45. The molecule has 0 saturated heterocycles. The highest BCUT2D eigenvalue weighted by molar-refractivity contribution is 7.89. The van der Waals surface area contributed by atoms with Crippen molar-refractivity contribution in [2.45, 2.75) is 39.2 Å². The van der Waals surface area contributed by atoms with E-state index in [9.17, 15) is 18.0 Å². The van der Waals surface area contributed by atoms with Crippen molar-refractivity contribution in [3.63, 3.8) is 0 Å². The van der Waals surface area contributed by atoms with Gasteiger partial charge in [-0.25, -0.2) is 8.42 Å². The normalized spacial score (nSPS) is 25.4. The van der Waals surface area contributed by atoms with Crippen LogP contribution < -0.4 is 4.72 Å². The second-order valence-corrected chi connectivity index (χ2v) is 6.42. The molecule has 120 valence electrons. The van der Waals surface area contributed by atoms with E-state index < -0.39 is 40.4 Å². The van der Waals surface area contributed by atoms with Crippen molar-refractivity contribution >= 4 is 22.0 Å². The molecule has 9 heteroatoms. The van der Waals surface area contributed by atoms with Gasteiger partial charge in [-0.3, -0.25) is 9.59 Å². The van der Waals surface area contributed by atoms with E-state index in [-0.39, 0.29) is 12.4 Å². The predicted octanol–water partition coefficient (Wildman–Crippen LogP) is -0.298. The van der Waals surface area contributed by atoms with Gasteiger partial charge in [0.1, 0.15) is 25.0 Å². The molecule has 0 radical (unpaired) electrons. The lowest BCUT2D eigenvalue weighted by molar-refractivity contribution is -0.163. The molecule has 8 nitrogen and oxygen atoms in total. The SMILES string of the molecule is CCS(=O)(=O)N[C@@H]1C=C[C@@H](OC(C)=O)[C@@H](COC(C)=O)O1. The zero-order chi connectivity index (χ0) is 16.0. The van der Waals surface area contributed by atoms with Gasteiger partial charge in [0.15, 0.2) is 0 Å². The van der Waals surface area contributed by atoms with Crippen LogP contribution in [0.3, 0.4) is 0 Å². The molecule has 1 rings (SSSR count). The van der Waals surface area contributed by atoms with E-state index in [0.717, 1.165) is 0 Å². The average Bonchev–Trinajstić information content (AvgIpc) is 2.38. The maximum absolute atomic E-state index is 11.5. The molecule has 0 spiro atoms. The standard InChI is InChI=1S/C12H19NO7S/c1-4-21(16,17)13-12-6-5-10(19-9(3)15)11(20-12)7-18-8(2)14/h5-6,10-13H,4,7H2,1-3H3/t10-,11-,12+/m1/s1. The van der Waals surface area contributed by atoms with Crippen molar-refractivity contribution < 1.29 is 32.2 Å². The average molecular weight is 321 g/mol. The summed E-state index contributed by atoms with van der Waals surface area (Å²) in [5.41, 5.74) is 0. The van der Waals surface area contributed by atoms with Crippen LogP contribution in [-0.2, 0) is 33.8 Å². The fourth-order valence-electron chi connectivity index (χ4n) is 1.61. The lowest BCUT2D eigenvalue weighted by Gasteiger charge is -2.31. The third kappa shape index (κ3) is 6.23. The van der Waals surface area contributed by atoms with Gasteiger partial charge in [0, 0.05) is 13.8 Å². The van der Waals surface area contributed by atoms with E-state index in [1.807, 2.05) is 0 Å². The highest BCUT2D eigenvalue weighted by atomic mass is 32.2. The Balaban J connectivity index is 2.77. The van der Waals surface area contributed by atoms with Gasteiger partial charge in [0.25, 0.3) is 0 Å². The van der Waals surface area contributed by atoms with E-state index in [1.165, 1.54) is 32.9 Å².